The lowest BCUT2D eigenvalue weighted by Crippen LogP contribution is -2.00. The summed E-state index contributed by atoms with van der Waals surface area (Å²) in [7, 11) is 0. The Morgan fingerprint density at radius 3 is 2.19 bits per heavy atom. The monoisotopic (exact) mass is 293 g/mol. The standard InChI is InChI=1S/C14H7F4N3/c15-7-1-2-8-11(5-7)20-14(21-13(8)19)6-3-9(16)12(18)10(17)4-6/h1-5H,(H2,19,20,21). The number of hydrogen-bond acceptors (Lipinski definition) is 3. The van der Waals surface area contributed by atoms with E-state index in [4.69, 9.17) is 5.73 Å². The van der Waals surface area contributed by atoms with Crippen LogP contribution in [0.4, 0.5) is 23.4 Å². The third kappa shape index (κ3) is 2.26. The molecule has 106 valence electrons. The number of nitrogens with two attached hydrogens (primary N) is 1. The predicted molar refractivity (Wildman–Crippen MR) is 69.2 cm³/mol. The first-order valence-corrected chi connectivity index (χ1v) is 5.83. The zero-order valence-electron chi connectivity index (χ0n) is 10.4. The van der Waals surface area contributed by atoms with Crippen LogP contribution in [0.25, 0.3) is 22.3 Å². The van der Waals surface area contributed by atoms with E-state index in [2.05, 4.69) is 9.97 Å². The van der Waals surface area contributed by atoms with Gasteiger partial charge in [0.15, 0.2) is 23.3 Å². The van der Waals surface area contributed by atoms with E-state index >= 15 is 0 Å². The van der Waals surface area contributed by atoms with E-state index in [1.807, 2.05) is 0 Å². The molecule has 1 aromatic heterocycles. The second-order valence-electron chi connectivity index (χ2n) is 4.35. The molecule has 2 N–H and O–H groups in total. The third-order valence-corrected chi connectivity index (χ3v) is 2.93. The quantitative estimate of drug-likeness (QED) is 0.552. The summed E-state index contributed by atoms with van der Waals surface area (Å²) in [5.74, 6) is -4.96. The number of hydrogen-bond donors (Lipinski definition) is 1. The molecule has 3 nitrogen and oxygen atoms in total. The molecule has 21 heavy (non-hydrogen) atoms. The number of nitrogen functional groups attached to an aromatic ring is 1. The minimum Gasteiger partial charge on any atom is -0.383 e. The van der Waals surface area contributed by atoms with Gasteiger partial charge >= 0.3 is 0 Å². The number of aromatic nitrogens is 2. The molecule has 0 saturated carbocycles. The molecule has 0 radical (unpaired) electrons. The molecule has 0 aliphatic carbocycles. The smallest absolute Gasteiger partial charge is 0.194 e. The average molecular weight is 293 g/mol. The number of nitrogens with zero attached hydrogens (tertiary/aromatic N) is 2. The molecule has 0 aliphatic heterocycles. The Morgan fingerprint density at radius 1 is 0.857 bits per heavy atom. The Balaban J connectivity index is 2.25. The second-order valence-corrected chi connectivity index (χ2v) is 4.35. The number of halogens is 4. The van der Waals surface area contributed by atoms with Crippen molar-refractivity contribution in [3.05, 3.63) is 53.6 Å². The van der Waals surface area contributed by atoms with Crippen LogP contribution in [0.3, 0.4) is 0 Å². The van der Waals surface area contributed by atoms with Crippen LogP contribution in [0.1, 0.15) is 0 Å². The SMILES string of the molecule is Nc1nc(-c2cc(F)c(F)c(F)c2)nc2cc(F)ccc12. The van der Waals surface area contributed by atoms with Crippen molar-refractivity contribution in [2.75, 3.05) is 5.73 Å². The van der Waals surface area contributed by atoms with Gasteiger partial charge in [-0.2, -0.15) is 0 Å². The molecule has 0 spiro atoms. The van der Waals surface area contributed by atoms with Crippen LogP contribution in [0.15, 0.2) is 30.3 Å². The number of benzene rings is 2. The Kier molecular flexibility index (Phi) is 2.97. The van der Waals surface area contributed by atoms with E-state index in [0.29, 0.717) is 5.39 Å². The molecule has 1 heterocycles. The first-order valence-electron chi connectivity index (χ1n) is 5.83. The van der Waals surface area contributed by atoms with Gasteiger partial charge in [0.25, 0.3) is 0 Å². The summed E-state index contributed by atoms with van der Waals surface area (Å²) in [6.07, 6.45) is 0. The van der Waals surface area contributed by atoms with Gasteiger partial charge in [-0.3, -0.25) is 0 Å². The van der Waals surface area contributed by atoms with Crippen molar-refractivity contribution in [1.29, 1.82) is 0 Å². The van der Waals surface area contributed by atoms with E-state index in [-0.39, 0.29) is 22.7 Å². The highest BCUT2D eigenvalue weighted by Gasteiger charge is 2.14. The average Bonchev–Trinajstić information content (AvgIpc) is 2.43. The zero-order valence-corrected chi connectivity index (χ0v) is 10.4. The van der Waals surface area contributed by atoms with Crippen LogP contribution in [0, 0.1) is 23.3 Å². The maximum absolute atomic E-state index is 13.2. The molecule has 3 aromatic rings. The Hall–Kier alpha value is -2.70. The van der Waals surface area contributed by atoms with Gasteiger partial charge in [-0.05, 0) is 24.3 Å². The van der Waals surface area contributed by atoms with Gasteiger partial charge in [-0.1, -0.05) is 0 Å². The van der Waals surface area contributed by atoms with E-state index in [9.17, 15) is 17.6 Å². The summed E-state index contributed by atoms with van der Waals surface area (Å²) in [5, 5.41) is 0.406. The molecular weight excluding hydrogens is 286 g/mol. The summed E-state index contributed by atoms with van der Waals surface area (Å²) in [4.78, 5) is 7.89. The molecular formula is C14H7F4N3. The highest BCUT2D eigenvalue weighted by atomic mass is 19.2. The highest BCUT2D eigenvalue weighted by molar-refractivity contribution is 5.89. The van der Waals surface area contributed by atoms with Gasteiger partial charge < -0.3 is 5.73 Å². The third-order valence-electron chi connectivity index (χ3n) is 2.93. The molecule has 7 heteroatoms. The largest absolute Gasteiger partial charge is 0.383 e. The zero-order chi connectivity index (χ0) is 15.1. The van der Waals surface area contributed by atoms with Crippen LogP contribution in [-0.2, 0) is 0 Å². The van der Waals surface area contributed by atoms with Crippen molar-refractivity contribution < 1.29 is 17.6 Å². The van der Waals surface area contributed by atoms with Crippen molar-refractivity contribution in [2.24, 2.45) is 0 Å². The number of rotatable bonds is 1. The summed E-state index contributed by atoms with van der Waals surface area (Å²) in [6, 6.07) is 5.21. The lowest BCUT2D eigenvalue weighted by molar-refractivity contribution is 0.447. The minimum absolute atomic E-state index is 0.0279. The van der Waals surface area contributed by atoms with E-state index in [0.717, 1.165) is 18.2 Å². The normalized spacial score (nSPS) is 11.0. The van der Waals surface area contributed by atoms with Gasteiger partial charge in [0, 0.05) is 17.0 Å². The number of fused-ring (bicyclic) bond motifs is 1. The molecule has 2 aromatic carbocycles. The van der Waals surface area contributed by atoms with Crippen molar-refractivity contribution in [2.45, 2.75) is 0 Å². The fourth-order valence-corrected chi connectivity index (χ4v) is 1.94. The molecule has 3 rings (SSSR count). The van der Waals surface area contributed by atoms with Crippen LogP contribution in [0.5, 0.6) is 0 Å². The minimum atomic E-state index is -1.58. The Morgan fingerprint density at radius 2 is 1.52 bits per heavy atom. The maximum atomic E-state index is 13.2. The molecule has 0 atom stereocenters. The molecule has 0 bridgehead atoms. The highest BCUT2D eigenvalue weighted by Crippen LogP contribution is 2.25. The van der Waals surface area contributed by atoms with Gasteiger partial charge in [0.05, 0.1) is 5.52 Å². The van der Waals surface area contributed by atoms with Crippen molar-refractivity contribution >= 4 is 16.7 Å². The van der Waals surface area contributed by atoms with Crippen molar-refractivity contribution in [1.82, 2.24) is 9.97 Å². The predicted octanol–water partition coefficient (Wildman–Crippen LogP) is 3.44. The summed E-state index contributed by atoms with van der Waals surface area (Å²) >= 11 is 0. The van der Waals surface area contributed by atoms with Crippen LogP contribution >= 0.6 is 0 Å². The fourth-order valence-electron chi connectivity index (χ4n) is 1.94. The molecule has 0 fully saturated rings. The fraction of sp³-hybridized carbons (Fsp3) is 0. The van der Waals surface area contributed by atoms with E-state index in [1.165, 1.54) is 12.1 Å². The maximum Gasteiger partial charge on any atom is 0.194 e. The second kappa shape index (κ2) is 4.69. The lowest BCUT2D eigenvalue weighted by atomic mass is 10.1. The Labute approximate surface area is 116 Å². The van der Waals surface area contributed by atoms with Gasteiger partial charge in [0.1, 0.15) is 11.6 Å². The van der Waals surface area contributed by atoms with Crippen LogP contribution < -0.4 is 5.73 Å². The first kappa shape index (κ1) is 13.3. The summed E-state index contributed by atoms with van der Waals surface area (Å²) in [6.45, 7) is 0. The topological polar surface area (TPSA) is 51.8 Å². The molecule has 0 saturated heterocycles. The molecule has 0 amide bonds. The van der Waals surface area contributed by atoms with E-state index in [1.54, 1.807) is 0 Å². The Bertz CT molecular complexity index is 841. The van der Waals surface area contributed by atoms with Gasteiger partial charge in [-0.25, -0.2) is 27.5 Å². The van der Waals surface area contributed by atoms with Crippen LogP contribution in [-0.4, -0.2) is 9.97 Å². The van der Waals surface area contributed by atoms with Crippen molar-refractivity contribution in [3.63, 3.8) is 0 Å². The number of anilines is 1. The van der Waals surface area contributed by atoms with Gasteiger partial charge in [-0.15, -0.1) is 0 Å². The molecule has 0 aliphatic rings. The van der Waals surface area contributed by atoms with Gasteiger partial charge in [0.2, 0.25) is 0 Å². The first-order chi connectivity index (χ1) is 9.95. The summed E-state index contributed by atoms with van der Waals surface area (Å²) < 4.78 is 52.6. The summed E-state index contributed by atoms with van der Waals surface area (Å²) in [5.41, 5.74) is 5.81. The van der Waals surface area contributed by atoms with E-state index < -0.39 is 23.3 Å². The molecule has 0 unspecified atom stereocenters. The van der Waals surface area contributed by atoms with Crippen LogP contribution in [0.2, 0.25) is 0 Å². The van der Waals surface area contributed by atoms with Crippen molar-refractivity contribution in [3.8, 4) is 11.4 Å². The lowest BCUT2D eigenvalue weighted by Gasteiger charge is -2.06.